The van der Waals surface area contributed by atoms with Gasteiger partial charge in [0.05, 0.1) is 22.9 Å². The number of rotatable bonds is 5. The Morgan fingerprint density at radius 1 is 1.23 bits per heavy atom. The fourth-order valence-electron chi connectivity index (χ4n) is 1.69. The largest absolute Gasteiger partial charge is 0.390 e. The van der Waals surface area contributed by atoms with Crippen molar-refractivity contribution >= 4 is 27.0 Å². The SMILES string of the molecule is Cc1nc(-c2ccc(NS(=O)(=O)CCC(F)(F)F)cc2)cs1. The van der Waals surface area contributed by atoms with Crippen LogP contribution in [0, 0.1) is 6.92 Å². The first kappa shape index (κ1) is 16.8. The number of halogens is 3. The molecule has 0 aliphatic heterocycles. The summed E-state index contributed by atoms with van der Waals surface area (Å²) in [5.41, 5.74) is 1.80. The number of aryl methyl sites for hydroxylation is 1. The molecule has 0 saturated carbocycles. The molecule has 22 heavy (non-hydrogen) atoms. The molecule has 0 radical (unpaired) electrons. The maximum Gasteiger partial charge on any atom is 0.390 e. The number of nitrogens with one attached hydrogen (secondary N) is 1. The molecular weight excluding hydrogens is 337 g/mol. The minimum absolute atomic E-state index is 0.220. The van der Waals surface area contributed by atoms with Crippen molar-refractivity contribution in [3.05, 3.63) is 34.7 Å². The van der Waals surface area contributed by atoms with Gasteiger partial charge in [0, 0.05) is 16.6 Å². The number of sulfonamides is 1. The van der Waals surface area contributed by atoms with Crippen LogP contribution in [0.3, 0.4) is 0 Å². The van der Waals surface area contributed by atoms with Gasteiger partial charge in [-0.25, -0.2) is 13.4 Å². The van der Waals surface area contributed by atoms with Gasteiger partial charge in [-0.2, -0.15) is 13.2 Å². The van der Waals surface area contributed by atoms with Gasteiger partial charge in [0.25, 0.3) is 0 Å². The molecular formula is C13H13F3N2O2S2. The summed E-state index contributed by atoms with van der Waals surface area (Å²) in [7, 11) is -4.02. The quantitative estimate of drug-likeness (QED) is 0.892. The van der Waals surface area contributed by atoms with Crippen LogP contribution in [0.1, 0.15) is 11.4 Å². The van der Waals surface area contributed by atoms with Gasteiger partial charge in [0.1, 0.15) is 0 Å². The van der Waals surface area contributed by atoms with Crippen LogP contribution >= 0.6 is 11.3 Å². The van der Waals surface area contributed by atoms with Crippen molar-refractivity contribution < 1.29 is 21.6 Å². The van der Waals surface area contributed by atoms with Gasteiger partial charge in [-0.15, -0.1) is 11.3 Å². The summed E-state index contributed by atoms with van der Waals surface area (Å²) in [6.45, 7) is 1.87. The van der Waals surface area contributed by atoms with Crippen molar-refractivity contribution in [3.8, 4) is 11.3 Å². The van der Waals surface area contributed by atoms with E-state index in [1.54, 1.807) is 12.1 Å². The molecule has 1 aromatic heterocycles. The highest BCUT2D eigenvalue weighted by Crippen LogP contribution is 2.24. The Morgan fingerprint density at radius 3 is 2.36 bits per heavy atom. The standard InChI is InChI=1S/C13H13F3N2O2S2/c1-9-17-12(8-21-9)10-2-4-11(5-3-10)18-22(19,20)7-6-13(14,15)16/h2-5,8,18H,6-7H2,1H3. The van der Waals surface area contributed by atoms with Crippen LogP contribution in [-0.4, -0.2) is 25.3 Å². The van der Waals surface area contributed by atoms with Crippen LogP contribution in [0.4, 0.5) is 18.9 Å². The summed E-state index contributed by atoms with van der Waals surface area (Å²) < 4.78 is 61.5. The van der Waals surface area contributed by atoms with E-state index >= 15 is 0 Å². The summed E-state index contributed by atoms with van der Waals surface area (Å²) in [5.74, 6) is -0.996. The fraction of sp³-hybridized carbons (Fsp3) is 0.308. The molecule has 0 amide bonds. The first-order chi connectivity index (χ1) is 10.1. The molecule has 2 aromatic rings. The first-order valence-electron chi connectivity index (χ1n) is 6.24. The number of hydrogen-bond donors (Lipinski definition) is 1. The highest BCUT2D eigenvalue weighted by molar-refractivity contribution is 7.92. The second-order valence-corrected chi connectivity index (χ2v) is 7.52. The second kappa shape index (κ2) is 6.25. The third-order valence-corrected chi connectivity index (χ3v) is 4.79. The minimum atomic E-state index is -4.50. The number of aromatic nitrogens is 1. The molecule has 4 nitrogen and oxygen atoms in total. The molecule has 0 unspecified atom stereocenters. The Hall–Kier alpha value is -1.61. The molecule has 0 bridgehead atoms. The predicted octanol–water partition coefficient (Wildman–Crippen LogP) is 3.81. The highest BCUT2D eigenvalue weighted by atomic mass is 32.2. The maximum atomic E-state index is 12.1. The Bertz CT molecular complexity index is 737. The van der Waals surface area contributed by atoms with Crippen molar-refractivity contribution in [1.82, 2.24) is 4.98 Å². The number of alkyl halides is 3. The lowest BCUT2D eigenvalue weighted by Gasteiger charge is -2.10. The topological polar surface area (TPSA) is 59.1 Å². The van der Waals surface area contributed by atoms with E-state index in [2.05, 4.69) is 9.71 Å². The molecule has 2 rings (SSSR count). The van der Waals surface area contributed by atoms with Crippen LogP contribution in [0.15, 0.2) is 29.6 Å². The molecule has 0 atom stereocenters. The molecule has 1 heterocycles. The molecule has 0 aliphatic carbocycles. The Kier molecular flexibility index (Phi) is 4.76. The van der Waals surface area contributed by atoms with Crippen LogP contribution in [0.25, 0.3) is 11.3 Å². The van der Waals surface area contributed by atoms with Crippen molar-refractivity contribution in [2.45, 2.75) is 19.5 Å². The van der Waals surface area contributed by atoms with E-state index in [1.165, 1.54) is 23.5 Å². The van der Waals surface area contributed by atoms with E-state index in [-0.39, 0.29) is 5.69 Å². The van der Waals surface area contributed by atoms with Gasteiger partial charge >= 0.3 is 6.18 Å². The molecule has 120 valence electrons. The van der Waals surface area contributed by atoms with Crippen LogP contribution in [-0.2, 0) is 10.0 Å². The highest BCUT2D eigenvalue weighted by Gasteiger charge is 2.29. The van der Waals surface area contributed by atoms with Crippen molar-refractivity contribution in [1.29, 1.82) is 0 Å². The third kappa shape index (κ3) is 4.99. The van der Waals surface area contributed by atoms with E-state index in [1.807, 2.05) is 12.3 Å². The summed E-state index contributed by atoms with van der Waals surface area (Å²) >= 11 is 1.49. The zero-order chi connectivity index (χ0) is 16.4. The second-order valence-electron chi connectivity index (χ2n) is 4.62. The summed E-state index contributed by atoms with van der Waals surface area (Å²) in [6.07, 6.45) is -5.88. The van der Waals surface area contributed by atoms with Crippen LogP contribution < -0.4 is 4.72 Å². The maximum absolute atomic E-state index is 12.1. The fourth-order valence-corrected chi connectivity index (χ4v) is 3.41. The van der Waals surface area contributed by atoms with Gasteiger partial charge in [-0.3, -0.25) is 4.72 Å². The van der Waals surface area contributed by atoms with Crippen molar-refractivity contribution in [2.75, 3.05) is 10.5 Å². The molecule has 0 saturated heterocycles. The lowest BCUT2D eigenvalue weighted by Crippen LogP contribution is -2.21. The number of thiazole rings is 1. The lowest BCUT2D eigenvalue weighted by molar-refractivity contribution is -0.129. The predicted molar refractivity (Wildman–Crippen MR) is 80.4 cm³/mol. The zero-order valence-corrected chi connectivity index (χ0v) is 13.1. The minimum Gasteiger partial charge on any atom is -0.284 e. The van der Waals surface area contributed by atoms with E-state index < -0.39 is 28.4 Å². The Balaban J connectivity index is 2.05. The third-order valence-electron chi connectivity index (χ3n) is 2.73. The number of nitrogens with zero attached hydrogens (tertiary/aromatic N) is 1. The number of benzene rings is 1. The first-order valence-corrected chi connectivity index (χ1v) is 8.78. The summed E-state index contributed by atoms with van der Waals surface area (Å²) in [5, 5.41) is 2.78. The Labute approximate surface area is 130 Å². The van der Waals surface area contributed by atoms with Crippen LogP contribution in [0.5, 0.6) is 0 Å². The smallest absolute Gasteiger partial charge is 0.284 e. The van der Waals surface area contributed by atoms with Gasteiger partial charge < -0.3 is 0 Å². The summed E-state index contributed by atoms with van der Waals surface area (Å²) in [4.78, 5) is 4.30. The molecule has 0 aliphatic rings. The average Bonchev–Trinajstić information content (AvgIpc) is 2.83. The molecule has 1 N–H and O–H groups in total. The summed E-state index contributed by atoms with van der Waals surface area (Å²) in [6, 6.07) is 6.32. The lowest BCUT2D eigenvalue weighted by atomic mass is 10.1. The number of hydrogen-bond acceptors (Lipinski definition) is 4. The van der Waals surface area contributed by atoms with E-state index in [0.29, 0.717) is 0 Å². The van der Waals surface area contributed by atoms with Gasteiger partial charge in [0.15, 0.2) is 0 Å². The number of anilines is 1. The van der Waals surface area contributed by atoms with E-state index in [9.17, 15) is 21.6 Å². The zero-order valence-electron chi connectivity index (χ0n) is 11.5. The monoisotopic (exact) mass is 350 g/mol. The molecule has 9 heteroatoms. The van der Waals surface area contributed by atoms with Crippen LogP contribution in [0.2, 0.25) is 0 Å². The molecule has 1 aromatic carbocycles. The molecule has 0 fully saturated rings. The van der Waals surface area contributed by atoms with Gasteiger partial charge in [-0.05, 0) is 19.1 Å². The van der Waals surface area contributed by atoms with E-state index in [4.69, 9.17) is 0 Å². The average molecular weight is 350 g/mol. The van der Waals surface area contributed by atoms with Crippen molar-refractivity contribution in [3.63, 3.8) is 0 Å². The van der Waals surface area contributed by atoms with Crippen molar-refractivity contribution in [2.24, 2.45) is 0 Å². The van der Waals surface area contributed by atoms with E-state index in [0.717, 1.165) is 16.3 Å². The Morgan fingerprint density at radius 2 is 1.86 bits per heavy atom. The van der Waals surface area contributed by atoms with Gasteiger partial charge in [0.2, 0.25) is 10.0 Å². The molecule has 0 spiro atoms. The van der Waals surface area contributed by atoms with Gasteiger partial charge in [-0.1, -0.05) is 12.1 Å². The normalized spacial score (nSPS) is 12.4.